The first-order valence-electron chi connectivity index (χ1n) is 5.72. The molecular formula is C12H21N2+. The highest BCUT2D eigenvalue weighted by Gasteiger charge is 2.21. The van der Waals surface area contributed by atoms with Gasteiger partial charge in [-0.3, -0.25) is 0 Å². The Bertz CT molecular complexity index is 290. The van der Waals surface area contributed by atoms with E-state index in [4.69, 9.17) is 0 Å². The van der Waals surface area contributed by atoms with Gasteiger partial charge in [0.2, 0.25) is 0 Å². The van der Waals surface area contributed by atoms with Gasteiger partial charge >= 0.3 is 0 Å². The van der Waals surface area contributed by atoms with Gasteiger partial charge in [-0.1, -0.05) is 6.92 Å². The molecule has 1 aromatic rings. The minimum atomic E-state index is 0.694. The molecule has 1 saturated heterocycles. The minimum Gasteiger partial charge on any atom is -0.350 e. The molecule has 2 atom stereocenters. The minimum absolute atomic E-state index is 0.694. The van der Waals surface area contributed by atoms with Crippen LogP contribution >= 0.6 is 0 Å². The van der Waals surface area contributed by atoms with Crippen LogP contribution in [0, 0.1) is 5.92 Å². The van der Waals surface area contributed by atoms with E-state index in [0.29, 0.717) is 6.04 Å². The highest BCUT2D eigenvalue weighted by Crippen LogP contribution is 2.21. The van der Waals surface area contributed by atoms with E-state index in [1.807, 2.05) is 0 Å². The van der Waals surface area contributed by atoms with Crippen LogP contribution in [0.3, 0.4) is 0 Å². The van der Waals surface area contributed by atoms with Crippen molar-refractivity contribution in [2.24, 2.45) is 13.0 Å². The lowest BCUT2D eigenvalue weighted by atomic mass is 10.0. The molecule has 14 heavy (non-hydrogen) atoms. The zero-order valence-corrected chi connectivity index (χ0v) is 9.24. The van der Waals surface area contributed by atoms with Crippen LogP contribution in [0.1, 0.15) is 37.9 Å². The second-order valence-corrected chi connectivity index (χ2v) is 4.65. The van der Waals surface area contributed by atoms with E-state index in [1.54, 1.807) is 0 Å². The fraction of sp³-hybridized carbons (Fsp3) is 0.667. The number of aromatic nitrogens is 1. The van der Waals surface area contributed by atoms with Gasteiger partial charge < -0.3 is 9.88 Å². The summed E-state index contributed by atoms with van der Waals surface area (Å²) in [7, 11) is 2.15. The maximum atomic E-state index is 2.51. The summed E-state index contributed by atoms with van der Waals surface area (Å²) in [5.41, 5.74) is 1.49. The molecule has 1 aromatic heterocycles. The van der Waals surface area contributed by atoms with E-state index in [0.717, 1.165) is 5.92 Å². The third-order valence-corrected chi connectivity index (χ3v) is 3.44. The van der Waals surface area contributed by atoms with Crippen molar-refractivity contribution in [3.05, 3.63) is 24.0 Å². The van der Waals surface area contributed by atoms with Crippen molar-refractivity contribution in [1.29, 1.82) is 0 Å². The lowest BCUT2D eigenvalue weighted by Crippen LogP contribution is -2.85. The molecule has 1 fully saturated rings. The van der Waals surface area contributed by atoms with Gasteiger partial charge in [0.15, 0.2) is 0 Å². The van der Waals surface area contributed by atoms with Crippen molar-refractivity contribution in [3.63, 3.8) is 0 Å². The Kier molecular flexibility index (Phi) is 2.92. The van der Waals surface area contributed by atoms with Gasteiger partial charge in [0.25, 0.3) is 0 Å². The van der Waals surface area contributed by atoms with Crippen molar-refractivity contribution in [2.75, 3.05) is 6.54 Å². The van der Waals surface area contributed by atoms with E-state index in [-0.39, 0.29) is 0 Å². The van der Waals surface area contributed by atoms with Crippen LogP contribution in [-0.4, -0.2) is 11.1 Å². The fourth-order valence-corrected chi connectivity index (χ4v) is 2.44. The largest absolute Gasteiger partial charge is 0.350 e. The van der Waals surface area contributed by atoms with Crippen molar-refractivity contribution < 1.29 is 5.32 Å². The van der Waals surface area contributed by atoms with E-state index in [2.05, 4.69) is 42.2 Å². The summed E-state index contributed by atoms with van der Waals surface area (Å²) in [6, 6.07) is 5.11. The third-order valence-electron chi connectivity index (χ3n) is 3.44. The first-order valence-corrected chi connectivity index (χ1v) is 5.72. The molecule has 0 unspecified atom stereocenters. The quantitative estimate of drug-likeness (QED) is 0.697. The molecule has 0 saturated carbocycles. The summed E-state index contributed by atoms with van der Waals surface area (Å²) >= 11 is 0. The number of nitrogens with two attached hydrogens (primary N) is 1. The van der Waals surface area contributed by atoms with Crippen LogP contribution < -0.4 is 5.32 Å². The molecular weight excluding hydrogens is 172 g/mol. The Morgan fingerprint density at radius 3 is 2.93 bits per heavy atom. The standard InChI is InChI=1S/C12H20N2/c1-10-5-6-11(13-8-7-10)12-4-3-9-14(12)2/h3-4,9-11,13H,5-8H2,1-2H3/p+1/t10-,11-/m0/s1. The molecule has 1 aliphatic heterocycles. The summed E-state index contributed by atoms with van der Waals surface area (Å²) in [6.45, 7) is 3.66. The van der Waals surface area contributed by atoms with Gasteiger partial charge in [-0.05, 0) is 30.9 Å². The van der Waals surface area contributed by atoms with Gasteiger partial charge in [0.05, 0.1) is 12.2 Å². The van der Waals surface area contributed by atoms with Gasteiger partial charge in [-0.15, -0.1) is 0 Å². The maximum Gasteiger partial charge on any atom is 0.127 e. The monoisotopic (exact) mass is 193 g/mol. The highest BCUT2D eigenvalue weighted by atomic mass is 15.0. The van der Waals surface area contributed by atoms with E-state index in [9.17, 15) is 0 Å². The normalized spacial score (nSPS) is 28.7. The number of hydrogen-bond acceptors (Lipinski definition) is 0. The number of quaternary nitrogens is 1. The van der Waals surface area contributed by atoms with Gasteiger partial charge in [-0.2, -0.15) is 0 Å². The molecule has 2 N–H and O–H groups in total. The van der Waals surface area contributed by atoms with E-state index in [1.165, 1.54) is 31.5 Å². The van der Waals surface area contributed by atoms with Crippen LogP contribution in [0.25, 0.3) is 0 Å². The summed E-state index contributed by atoms with van der Waals surface area (Å²) < 4.78 is 2.26. The molecule has 2 nitrogen and oxygen atoms in total. The average Bonchev–Trinajstić information content (AvgIpc) is 2.46. The zero-order chi connectivity index (χ0) is 9.97. The van der Waals surface area contributed by atoms with Gasteiger partial charge in [-0.25, -0.2) is 0 Å². The summed E-state index contributed by atoms with van der Waals surface area (Å²) in [6.07, 6.45) is 6.24. The molecule has 0 bridgehead atoms. The first kappa shape index (κ1) is 9.78. The summed E-state index contributed by atoms with van der Waals surface area (Å²) in [5.74, 6) is 0.913. The molecule has 1 aliphatic rings. The molecule has 0 spiro atoms. The molecule has 2 heterocycles. The van der Waals surface area contributed by atoms with Crippen LogP contribution in [0.2, 0.25) is 0 Å². The van der Waals surface area contributed by atoms with Crippen molar-refractivity contribution in [2.45, 2.75) is 32.2 Å². The smallest absolute Gasteiger partial charge is 0.127 e. The molecule has 0 amide bonds. The van der Waals surface area contributed by atoms with Gasteiger partial charge in [0, 0.05) is 19.7 Å². The summed E-state index contributed by atoms with van der Waals surface area (Å²) in [4.78, 5) is 0. The number of hydrogen-bond donors (Lipinski definition) is 1. The van der Waals surface area contributed by atoms with Crippen molar-refractivity contribution in [3.8, 4) is 0 Å². The fourth-order valence-electron chi connectivity index (χ4n) is 2.44. The van der Waals surface area contributed by atoms with Crippen LogP contribution in [-0.2, 0) is 7.05 Å². The molecule has 0 aliphatic carbocycles. The molecule has 0 aromatic carbocycles. The SMILES string of the molecule is C[C@@H]1CC[NH2+][C@H](c2cccn2C)CC1. The lowest BCUT2D eigenvalue weighted by molar-refractivity contribution is -0.695. The second-order valence-electron chi connectivity index (χ2n) is 4.65. The molecule has 2 rings (SSSR count). The van der Waals surface area contributed by atoms with E-state index >= 15 is 0 Å². The zero-order valence-electron chi connectivity index (χ0n) is 9.24. The molecule has 2 heteroatoms. The molecule has 78 valence electrons. The third kappa shape index (κ3) is 2.01. The number of aryl methyl sites for hydroxylation is 1. The number of rotatable bonds is 1. The topological polar surface area (TPSA) is 21.5 Å². The van der Waals surface area contributed by atoms with Crippen LogP contribution in [0.4, 0.5) is 0 Å². The van der Waals surface area contributed by atoms with E-state index < -0.39 is 0 Å². The Balaban J connectivity index is 2.08. The predicted octanol–water partition coefficient (Wildman–Crippen LogP) is 1.45. The first-order chi connectivity index (χ1) is 6.77. The lowest BCUT2D eigenvalue weighted by Gasteiger charge is -2.13. The Hall–Kier alpha value is -0.760. The Labute approximate surface area is 86.3 Å². The van der Waals surface area contributed by atoms with Crippen molar-refractivity contribution in [1.82, 2.24) is 4.57 Å². The van der Waals surface area contributed by atoms with Crippen LogP contribution in [0.15, 0.2) is 18.3 Å². The van der Waals surface area contributed by atoms with Crippen molar-refractivity contribution >= 4 is 0 Å². The predicted molar refractivity (Wildman–Crippen MR) is 58.0 cm³/mol. The average molecular weight is 193 g/mol. The Morgan fingerprint density at radius 1 is 1.36 bits per heavy atom. The maximum absolute atomic E-state index is 2.51. The number of nitrogens with zero attached hydrogens (tertiary/aromatic N) is 1. The Morgan fingerprint density at radius 2 is 2.21 bits per heavy atom. The molecule has 0 radical (unpaired) electrons. The highest BCUT2D eigenvalue weighted by molar-refractivity contribution is 5.09. The second kappa shape index (κ2) is 4.18. The van der Waals surface area contributed by atoms with Gasteiger partial charge in [0.1, 0.15) is 6.04 Å². The summed E-state index contributed by atoms with van der Waals surface area (Å²) in [5, 5.41) is 2.51. The van der Waals surface area contributed by atoms with Crippen LogP contribution in [0.5, 0.6) is 0 Å².